The first-order valence-electron chi connectivity index (χ1n) is 18.1. The molecular weight excluding hydrogens is 618 g/mol. The third kappa shape index (κ3) is 7.92. The van der Waals surface area contributed by atoms with Crippen LogP contribution in [0.2, 0.25) is 0 Å². The van der Waals surface area contributed by atoms with Gasteiger partial charge in [-0.1, -0.05) is 0 Å². The Morgan fingerprint density at radius 1 is 1.02 bits per heavy atom. The van der Waals surface area contributed by atoms with Gasteiger partial charge in [-0.2, -0.15) is 5.10 Å². The average Bonchev–Trinajstić information content (AvgIpc) is 3.62. The number of ether oxygens (including phenoxy) is 1. The van der Waals surface area contributed by atoms with Gasteiger partial charge in [-0.05, 0) is 121 Å². The molecule has 1 unspecified atom stereocenters. The molecule has 2 saturated carbocycles. The minimum absolute atomic E-state index is 0.0207. The van der Waals surface area contributed by atoms with Gasteiger partial charge in [0.2, 0.25) is 5.91 Å². The average molecular weight is 672 g/mol. The predicted octanol–water partition coefficient (Wildman–Crippen LogP) is 6.65. The van der Waals surface area contributed by atoms with Gasteiger partial charge in [0, 0.05) is 67.7 Å². The fraction of sp³-hybridized carbons (Fsp3) is 0.605. The minimum Gasteiger partial charge on any atom is -0.495 e. The first-order valence-corrected chi connectivity index (χ1v) is 18.1. The van der Waals surface area contributed by atoms with Crippen molar-refractivity contribution in [2.75, 3.05) is 45.2 Å². The SMILES string of the molecule is COc1ccc(C2CCC(CN(C(=O)C3CCC(C4CN(C)CCN4C(=O)O)CC3)c3cc(-c4cnn(C(C)C)c4)ccn3)CC2)nc1C. The molecule has 2 aliphatic carbocycles. The number of methoxy groups -OCH3 is 1. The first-order chi connectivity index (χ1) is 23.6. The quantitative estimate of drug-likeness (QED) is 0.269. The molecule has 1 atom stereocenters. The van der Waals surface area contributed by atoms with Crippen LogP contribution in [0.5, 0.6) is 5.75 Å². The van der Waals surface area contributed by atoms with E-state index >= 15 is 0 Å². The molecule has 3 fully saturated rings. The Labute approximate surface area is 290 Å². The molecule has 6 rings (SSSR count). The van der Waals surface area contributed by atoms with Crippen molar-refractivity contribution < 1.29 is 19.4 Å². The molecule has 3 aromatic heterocycles. The molecule has 2 amide bonds. The molecule has 3 aliphatic rings. The fourth-order valence-corrected chi connectivity index (χ4v) is 8.29. The van der Waals surface area contributed by atoms with Gasteiger partial charge < -0.3 is 19.6 Å². The summed E-state index contributed by atoms with van der Waals surface area (Å²) >= 11 is 0. The largest absolute Gasteiger partial charge is 0.495 e. The fourth-order valence-electron chi connectivity index (χ4n) is 8.29. The van der Waals surface area contributed by atoms with Gasteiger partial charge in [0.05, 0.1) is 25.0 Å². The highest BCUT2D eigenvalue weighted by Crippen LogP contribution is 2.39. The minimum atomic E-state index is -0.833. The number of aromatic nitrogens is 4. The highest BCUT2D eigenvalue weighted by Gasteiger charge is 2.39. The number of carbonyl (C=O) groups excluding carboxylic acids is 1. The van der Waals surface area contributed by atoms with Gasteiger partial charge in [0.15, 0.2) is 0 Å². The summed E-state index contributed by atoms with van der Waals surface area (Å²) in [5, 5.41) is 14.4. The molecule has 0 radical (unpaired) electrons. The molecule has 264 valence electrons. The molecular formula is C38H53N7O4. The van der Waals surface area contributed by atoms with E-state index in [1.54, 1.807) is 12.0 Å². The van der Waals surface area contributed by atoms with Gasteiger partial charge in [0.1, 0.15) is 11.6 Å². The number of likely N-dealkylation sites (N-methyl/N-ethyl adjacent to an activating group) is 1. The Balaban J connectivity index is 1.18. The van der Waals surface area contributed by atoms with Crippen molar-refractivity contribution in [2.24, 2.45) is 17.8 Å². The molecule has 0 bridgehead atoms. The van der Waals surface area contributed by atoms with Crippen LogP contribution in [0.3, 0.4) is 0 Å². The number of nitrogens with zero attached hydrogens (tertiary/aromatic N) is 7. The molecule has 11 heteroatoms. The number of rotatable bonds is 9. The summed E-state index contributed by atoms with van der Waals surface area (Å²) in [4.78, 5) is 42.1. The van der Waals surface area contributed by atoms with Gasteiger partial charge in [-0.15, -0.1) is 0 Å². The third-order valence-corrected chi connectivity index (χ3v) is 11.3. The van der Waals surface area contributed by atoms with Crippen molar-refractivity contribution in [3.63, 3.8) is 0 Å². The summed E-state index contributed by atoms with van der Waals surface area (Å²) < 4.78 is 7.38. The van der Waals surface area contributed by atoms with E-state index < -0.39 is 6.09 Å². The van der Waals surface area contributed by atoms with Crippen LogP contribution < -0.4 is 9.64 Å². The maximum Gasteiger partial charge on any atom is 0.407 e. The van der Waals surface area contributed by atoms with Gasteiger partial charge in [0.25, 0.3) is 0 Å². The van der Waals surface area contributed by atoms with E-state index in [9.17, 15) is 14.7 Å². The maximum atomic E-state index is 14.5. The normalized spacial score (nSPS) is 24.9. The smallest absolute Gasteiger partial charge is 0.407 e. The van der Waals surface area contributed by atoms with Crippen LogP contribution in [-0.2, 0) is 4.79 Å². The number of aryl methyl sites for hydroxylation is 1. The Morgan fingerprint density at radius 3 is 2.43 bits per heavy atom. The number of anilines is 1. The van der Waals surface area contributed by atoms with Crippen molar-refractivity contribution in [2.45, 2.75) is 90.1 Å². The number of hydrogen-bond donors (Lipinski definition) is 1. The van der Waals surface area contributed by atoms with Crippen LogP contribution >= 0.6 is 0 Å². The predicted molar refractivity (Wildman–Crippen MR) is 190 cm³/mol. The summed E-state index contributed by atoms with van der Waals surface area (Å²) in [6, 6.07) is 8.39. The number of carbonyl (C=O) groups is 2. The molecule has 0 spiro atoms. The second kappa shape index (κ2) is 15.3. The Bertz CT molecular complexity index is 1590. The van der Waals surface area contributed by atoms with E-state index in [1.165, 1.54) is 0 Å². The lowest BCUT2D eigenvalue weighted by atomic mass is 9.76. The Morgan fingerprint density at radius 2 is 1.78 bits per heavy atom. The molecule has 4 heterocycles. The second-order valence-corrected chi connectivity index (χ2v) is 14.8. The van der Waals surface area contributed by atoms with Crippen LogP contribution in [0.1, 0.15) is 88.6 Å². The monoisotopic (exact) mass is 671 g/mol. The summed E-state index contributed by atoms with van der Waals surface area (Å²) in [6.07, 6.45) is 12.3. The van der Waals surface area contributed by atoms with Crippen LogP contribution in [0.4, 0.5) is 10.6 Å². The van der Waals surface area contributed by atoms with Crippen molar-refractivity contribution >= 4 is 17.8 Å². The van der Waals surface area contributed by atoms with Gasteiger partial charge in [-0.3, -0.25) is 19.4 Å². The van der Waals surface area contributed by atoms with Crippen molar-refractivity contribution in [3.05, 3.63) is 54.2 Å². The lowest BCUT2D eigenvalue weighted by Crippen LogP contribution is -2.57. The maximum absolute atomic E-state index is 14.5. The second-order valence-electron chi connectivity index (χ2n) is 14.8. The summed E-state index contributed by atoms with van der Waals surface area (Å²) in [6.45, 7) is 8.90. The van der Waals surface area contributed by atoms with Crippen LogP contribution in [-0.4, -0.2) is 93.0 Å². The van der Waals surface area contributed by atoms with E-state index in [0.29, 0.717) is 30.7 Å². The van der Waals surface area contributed by atoms with Crippen molar-refractivity contribution in [3.8, 4) is 16.9 Å². The van der Waals surface area contributed by atoms with Crippen molar-refractivity contribution in [1.82, 2.24) is 29.5 Å². The van der Waals surface area contributed by atoms with E-state index in [2.05, 4.69) is 43.2 Å². The van der Waals surface area contributed by atoms with Crippen molar-refractivity contribution in [1.29, 1.82) is 0 Å². The Kier molecular flexibility index (Phi) is 10.9. The Hall–Kier alpha value is -3.99. The standard InChI is InChI=1S/C38H53N7O4/c1-25(2)45-23-32(21-40-45)31-16-17-39-36(20-31)44(22-27-6-8-28(9-7-27)33-14-15-35(49-5)26(3)41-33)37(46)30-12-10-29(11-13-30)34-24-42(4)18-19-43(34)38(47)48/h14-17,20-21,23,25,27-30,34H,6-13,18-19,22,24H2,1-5H3,(H,47,48). The molecule has 3 aromatic rings. The molecule has 1 saturated heterocycles. The molecule has 0 aromatic carbocycles. The van der Waals surface area contributed by atoms with E-state index in [0.717, 1.165) is 92.7 Å². The molecule has 1 aliphatic heterocycles. The first kappa shape index (κ1) is 34.9. The number of hydrogen-bond acceptors (Lipinski definition) is 7. The molecule has 49 heavy (non-hydrogen) atoms. The lowest BCUT2D eigenvalue weighted by Gasteiger charge is -2.44. The molecule has 1 N–H and O–H groups in total. The third-order valence-electron chi connectivity index (χ3n) is 11.3. The van der Waals surface area contributed by atoms with Crippen LogP contribution in [0, 0.1) is 24.7 Å². The van der Waals surface area contributed by atoms with E-state index in [1.807, 2.05) is 47.1 Å². The van der Waals surface area contributed by atoms with Crippen LogP contribution in [0.15, 0.2) is 42.9 Å². The number of piperazine rings is 1. The zero-order chi connectivity index (χ0) is 34.7. The van der Waals surface area contributed by atoms with Crippen LogP contribution in [0.25, 0.3) is 11.1 Å². The van der Waals surface area contributed by atoms with Gasteiger partial charge in [-0.25, -0.2) is 9.78 Å². The summed E-state index contributed by atoms with van der Waals surface area (Å²) in [7, 11) is 3.75. The lowest BCUT2D eigenvalue weighted by molar-refractivity contribution is -0.124. The highest BCUT2D eigenvalue weighted by molar-refractivity contribution is 5.94. The number of amides is 2. The highest BCUT2D eigenvalue weighted by atomic mass is 16.5. The number of pyridine rings is 2. The molecule has 11 nitrogen and oxygen atoms in total. The van der Waals surface area contributed by atoms with Gasteiger partial charge >= 0.3 is 6.09 Å². The number of carboxylic acid groups (broad SMARTS) is 1. The zero-order valence-corrected chi connectivity index (χ0v) is 29.8. The van der Waals surface area contributed by atoms with E-state index in [4.69, 9.17) is 14.7 Å². The zero-order valence-electron chi connectivity index (χ0n) is 29.8. The summed E-state index contributed by atoms with van der Waals surface area (Å²) in [5.74, 6) is 2.59. The van der Waals surface area contributed by atoms with E-state index in [-0.39, 0.29) is 29.8 Å². The summed E-state index contributed by atoms with van der Waals surface area (Å²) in [5.41, 5.74) is 4.06. The topological polar surface area (TPSA) is 117 Å².